The minimum absolute atomic E-state index is 0.128. The van der Waals surface area contributed by atoms with E-state index in [2.05, 4.69) is 112 Å². The molecule has 0 aromatic heterocycles. The molecule has 0 aliphatic heterocycles. The topological polar surface area (TPSA) is 23.8 Å². The Morgan fingerprint density at radius 1 is 0.586 bits per heavy atom. The lowest BCUT2D eigenvalue weighted by molar-refractivity contribution is 0.838. The summed E-state index contributed by atoms with van der Waals surface area (Å²) < 4.78 is 0. The summed E-state index contributed by atoms with van der Waals surface area (Å²) in [5.74, 6) is 6.66. The van der Waals surface area contributed by atoms with Crippen LogP contribution in [0, 0.1) is 34.3 Å². The van der Waals surface area contributed by atoms with Crippen molar-refractivity contribution in [2.24, 2.45) is 0 Å². The van der Waals surface area contributed by atoms with Crippen LogP contribution in [0.4, 0.5) is 0 Å². The molecule has 0 N–H and O–H groups in total. The molecule has 0 spiro atoms. The van der Waals surface area contributed by atoms with Gasteiger partial charge in [0, 0.05) is 0 Å². The zero-order valence-corrected chi connectivity index (χ0v) is 23.5. The Kier molecular flexibility index (Phi) is 11.1. The van der Waals surface area contributed by atoms with Crippen LogP contribution in [0.1, 0.15) is 83.1 Å². The fraction of sp³-hybridized carbons (Fsp3) is 0.720. The van der Waals surface area contributed by atoms with E-state index >= 15 is 0 Å². The van der Waals surface area contributed by atoms with Crippen LogP contribution >= 0.6 is 11.6 Å². The van der Waals surface area contributed by atoms with Crippen molar-refractivity contribution in [3.8, 4) is 29.0 Å². The van der Waals surface area contributed by atoms with Gasteiger partial charge in [-0.1, -0.05) is 107 Å². The molecule has 0 unspecified atom stereocenters. The standard InChI is InChI=1S/C25H42ClNSi2/c1-18(2)28(19(3)4,20(5)6)15-13-24(25(26)17-27)14-16-29(21(7)8,22(9)10)23(11)12/h18-23H,1-12H3. The van der Waals surface area contributed by atoms with Crippen LogP contribution < -0.4 is 0 Å². The number of rotatable bonds is 6. The minimum atomic E-state index is -1.91. The van der Waals surface area contributed by atoms with Gasteiger partial charge in [0.15, 0.2) is 0 Å². The van der Waals surface area contributed by atoms with Gasteiger partial charge in [0.25, 0.3) is 0 Å². The molecular weight excluding hydrogens is 406 g/mol. The van der Waals surface area contributed by atoms with E-state index in [-0.39, 0.29) is 5.03 Å². The predicted octanol–water partition coefficient (Wildman–Crippen LogP) is 8.45. The number of allylic oxidation sites excluding steroid dienone is 2. The second-order valence-electron chi connectivity index (χ2n) is 10.1. The first-order valence-corrected chi connectivity index (χ1v) is 15.9. The highest BCUT2D eigenvalue weighted by Crippen LogP contribution is 2.42. The van der Waals surface area contributed by atoms with Gasteiger partial charge in [-0.15, -0.1) is 11.1 Å². The zero-order valence-electron chi connectivity index (χ0n) is 20.8. The quantitative estimate of drug-likeness (QED) is 0.227. The van der Waals surface area contributed by atoms with Crippen LogP contribution in [0.5, 0.6) is 0 Å². The normalized spacial score (nSPS) is 12.2. The first kappa shape index (κ1) is 28.1. The molecule has 0 atom stereocenters. The van der Waals surface area contributed by atoms with Crippen molar-refractivity contribution < 1.29 is 0 Å². The maximum Gasteiger partial charge on any atom is 0.146 e. The van der Waals surface area contributed by atoms with Gasteiger partial charge in [-0.25, -0.2) is 0 Å². The van der Waals surface area contributed by atoms with Crippen LogP contribution in [0.2, 0.25) is 33.2 Å². The Bertz CT molecular complexity index is 648. The molecule has 0 radical (unpaired) electrons. The number of nitrogens with zero attached hydrogens (tertiary/aromatic N) is 1. The number of halogens is 1. The number of hydrogen-bond donors (Lipinski definition) is 0. The van der Waals surface area contributed by atoms with Crippen molar-refractivity contribution >= 4 is 27.7 Å². The summed E-state index contributed by atoms with van der Waals surface area (Å²) in [6.07, 6.45) is 0. The van der Waals surface area contributed by atoms with Crippen LogP contribution in [0.3, 0.4) is 0 Å². The molecule has 0 fully saturated rings. The third kappa shape index (κ3) is 6.04. The first-order valence-electron chi connectivity index (χ1n) is 11.1. The highest BCUT2D eigenvalue weighted by Gasteiger charge is 2.43. The highest BCUT2D eigenvalue weighted by atomic mass is 35.5. The molecule has 0 aliphatic carbocycles. The Balaban J connectivity index is 6.73. The third-order valence-electron chi connectivity index (χ3n) is 6.86. The molecule has 0 aliphatic rings. The first-order chi connectivity index (χ1) is 13.2. The summed E-state index contributed by atoms with van der Waals surface area (Å²) in [5.41, 5.74) is 11.0. The summed E-state index contributed by atoms with van der Waals surface area (Å²) in [6.45, 7) is 27.5. The smallest absolute Gasteiger partial charge is 0.146 e. The predicted molar refractivity (Wildman–Crippen MR) is 136 cm³/mol. The summed E-state index contributed by atoms with van der Waals surface area (Å²) in [7, 11) is -3.82. The Hall–Kier alpha value is -0.926. The van der Waals surface area contributed by atoms with Gasteiger partial charge in [0.05, 0.1) is 0 Å². The van der Waals surface area contributed by atoms with E-state index in [1.807, 2.05) is 0 Å². The average Bonchev–Trinajstić information content (AvgIpc) is 2.58. The van der Waals surface area contributed by atoms with Crippen molar-refractivity contribution in [2.75, 3.05) is 0 Å². The van der Waals surface area contributed by atoms with E-state index in [0.29, 0.717) is 38.8 Å². The fourth-order valence-electron chi connectivity index (χ4n) is 5.40. The van der Waals surface area contributed by atoms with Gasteiger partial charge in [0.1, 0.15) is 32.8 Å². The SMILES string of the molecule is CC(C)[Si](C#CC(C#C[Si](C(C)C)(C(C)C)C(C)C)=C(Cl)C#N)(C(C)C)C(C)C. The molecule has 29 heavy (non-hydrogen) atoms. The van der Waals surface area contributed by atoms with E-state index < -0.39 is 16.1 Å². The van der Waals surface area contributed by atoms with Crippen molar-refractivity contribution in [3.05, 3.63) is 10.6 Å². The monoisotopic (exact) mass is 447 g/mol. The molecule has 0 saturated heterocycles. The van der Waals surface area contributed by atoms with Crippen molar-refractivity contribution in [1.29, 1.82) is 5.26 Å². The largest absolute Gasteiger partial charge is 0.191 e. The van der Waals surface area contributed by atoms with Gasteiger partial charge >= 0.3 is 0 Å². The Morgan fingerprint density at radius 3 is 1.00 bits per heavy atom. The van der Waals surface area contributed by atoms with E-state index in [0.717, 1.165) is 0 Å². The molecule has 0 saturated carbocycles. The van der Waals surface area contributed by atoms with Crippen LogP contribution in [0.25, 0.3) is 0 Å². The summed E-state index contributed by atoms with van der Waals surface area (Å²) >= 11 is 6.31. The van der Waals surface area contributed by atoms with Gasteiger partial charge in [-0.2, -0.15) is 5.26 Å². The zero-order chi connectivity index (χ0) is 23.2. The van der Waals surface area contributed by atoms with Crippen LogP contribution in [-0.2, 0) is 0 Å². The van der Waals surface area contributed by atoms with Crippen molar-refractivity contribution in [2.45, 2.75) is 116 Å². The molecule has 0 aromatic carbocycles. The average molecular weight is 448 g/mol. The molecule has 162 valence electrons. The van der Waals surface area contributed by atoms with Gasteiger partial charge in [-0.05, 0) is 33.2 Å². The lowest BCUT2D eigenvalue weighted by Gasteiger charge is -2.38. The lowest BCUT2D eigenvalue weighted by atomic mass is 10.3. The minimum Gasteiger partial charge on any atom is -0.191 e. The third-order valence-corrected chi connectivity index (χ3v) is 19.7. The molecule has 1 nitrogen and oxygen atoms in total. The second-order valence-corrected chi connectivity index (χ2v) is 21.6. The van der Waals surface area contributed by atoms with Crippen LogP contribution in [0.15, 0.2) is 10.6 Å². The molecule has 0 heterocycles. The molecule has 0 bridgehead atoms. The highest BCUT2D eigenvalue weighted by molar-refractivity contribution is 6.91. The molecule has 0 aromatic rings. The summed E-state index contributed by atoms with van der Waals surface area (Å²) in [6, 6.07) is 2.08. The van der Waals surface area contributed by atoms with Gasteiger partial charge < -0.3 is 0 Å². The molecule has 0 rings (SSSR count). The summed E-state index contributed by atoms with van der Waals surface area (Å²) in [5, 5.41) is 9.59. The van der Waals surface area contributed by atoms with E-state index in [4.69, 9.17) is 11.6 Å². The van der Waals surface area contributed by atoms with Gasteiger partial charge in [-0.3, -0.25) is 0 Å². The van der Waals surface area contributed by atoms with Crippen LogP contribution in [-0.4, -0.2) is 16.1 Å². The van der Waals surface area contributed by atoms with Gasteiger partial charge in [0.2, 0.25) is 0 Å². The summed E-state index contributed by atoms with van der Waals surface area (Å²) in [4.78, 5) is 0. The van der Waals surface area contributed by atoms with Crippen molar-refractivity contribution in [3.63, 3.8) is 0 Å². The van der Waals surface area contributed by atoms with E-state index in [1.54, 1.807) is 0 Å². The second kappa shape index (κ2) is 11.5. The Morgan fingerprint density at radius 2 is 0.828 bits per heavy atom. The van der Waals surface area contributed by atoms with E-state index in [9.17, 15) is 5.26 Å². The maximum atomic E-state index is 9.47. The van der Waals surface area contributed by atoms with E-state index in [1.165, 1.54) is 0 Å². The molecule has 0 amide bonds. The van der Waals surface area contributed by atoms with Crippen molar-refractivity contribution in [1.82, 2.24) is 0 Å². The molecule has 4 heteroatoms. The molecular formula is C25H42ClNSi2. The number of hydrogen-bond acceptors (Lipinski definition) is 1. The Labute approximate surface area is 188 Å². The lowest BCUT2D eigenvalue weighted by Crippen LogP contribution is -2.43. The number of nitriles is 1. The maximum absolute atomic E-state index is 9.47. The fourth-order valence-corrected chi connectivity index (χ4v) is 15.9.